The second kappa shape index (κ2) is 5.28. The van der Waals surface area contributed by atoms with Crippen molar-refractivity contribution in [1.82, 2.24) is 15.1 Å². The molecule has 2 heterocycles. The molecule has 3 heteroatoms. The topological polar surface area (TPSA) is 18.5 Å². The predicted octanol–water partition coefficient (Wildman–Crippen LogP) is 0.764. The maximum absolute atomic E-state index is 3.50. The van der Waals surface area contributed by atoms with E-state index in [2.05, 4.69) is 29.1 Å². The molecule has 2 saturated heterocycles. The number of piperazine rings is 1. The standard InChI is InChI=1S/C12H25N3/c1-11-10-14(2)8-9-15(11)12-4-3-6-13-7-5-12/h11-13H,3-10H2,1-2H3. The first kappa shape index (κ1) is 11.4. The number of likely N-dealkylation sites (N-methyl/N-ethyl adjacent to an activating group) is 1. The monoisotopic (exact) mass is 211 g/mol. The van der Waals surface area contributed by atoms with Crippen LogP contribution in [0.5, 0.6) is 0 Å². The van der Waals surface area contributed by atoms with Gasteiger partial charge in [0.1, 0.15) is 0 Å². The Morgan fingerprint density at radius 1 is 1.13 bits per heavy atom. The quantitative estimate of drug-likeness (QED) is 0.691. The molecule has 88 valence electrons. The molecule has 2 unspecified atom stereocenters. The fourth-order valence-corrected chi connectivity index (χ4v) is 3.03. The first-order valence-electron chi connectivity index (χ1n) is 6.42. The lowest BCUT2D eigenvalue weighted by molar-refractivity contribution is 0.0561. The van der Waals surface area contributed by atoms with Gasteiger partial charge in [-0.2, -0.15) is 0 Å². The van der Waals surface area contributed by atoms with E-state index in [1.54, 1.807) is 0 Å². The third-order valence-corrected chi connectivity index (χ3v) is 3.90. The molecule has 0 aromatic rings. The zero-order valence-corrected chi connectivity index (χ0v) is 10.2. The summed E-state index contributed by atoms with van der Waals surface area (Å²) in [5.74, 6) is 0. The van der Waals surface area contributed by atoms with Crippen LogP contribution in [0.25, 0.3) is 0 Å². The van der Waals surface area contributed by atoms with E-state index >= 15 is 0 Å². The molecule has 3 nitrogen and oxygen atoms in total. The van der Waals surface area contributed by atoms with Gasteiger partial charge in [0, 0.05) is 31.7 Å². The van der Waals surface area contributed by atoms with Crippen LogP contribution in [0.3, 0.4) is 0 Å². The van der Waals surface area contributed by atoms with Gasteiger partial charge in [-0.3, -0.25) is 4.90 Å². The van der Waals surface area contributed by atoms with Crippen LogP contribution in [0.2, 0.25) is 0 Å². The molecule has 0 aliphatic carbocycles. The Balaban J connectivity index is 1.90. The van der Waals surface area contributed by atoms with Crippen LogP contribution in [0.1, 0.15) is 26.2 Å². The highest BCUT2D eigenvalue weighted by Crippen LogP contribution is 2.19. The molecule has 15 heavy (non-hydrogen) atoms. The number of nitrogens with zero attached hydrogens (tertiary/aromatic N) is 2. The van der Waals surface area contributed by atoms with Crippen LogP contribution in [-0.4, -0.2) is 61.7 Å². The predicted molar refractivity (Wildman–Crippen MR) is 64.2 cm³/mol. The summed E-state index contributed by atoms with van der Waals surface area (Å²) in [7, 11) is 2.24. The van der Waals surface area contributed by atoms with Gasteiger partial charge in [0.05, 0.1) is 0 Å². The van der Waals surface area contributed by atoms with Crippen LogP contribution in [0, 0.1) is 0 Å². The van der Waals surface area contributed by atoms with Gasteiger partial charge in [0.15, 0.2) is 0 Å². The van der Waals surface area contributed by atoms with Crippen molar-refractivity contribution in [2.24, 2.45) is 0 Å². The van der Waals surface area contributed by atoms with Crippen LogP contribution in [0.4, 0.5) is 0 Å². The van der Waals surface area contributed by atoms with E-state index in [0.29, 0.717) is 0 Å². The number of hydrogen-bond donors (Lipinski definition) is 1. The summed E-state index contributed by atoms with van der Waals surface area (Å²) in [6.45, 7) is 8.57. The van der Waals surface area contributed by atoms with Crippen LogP contribution in [-0.2, 0) is 0 Å². The van der Waals surface area contributed by atoms with E-state index in [1.807, 2.05) is 0 Å². The zero-order valence-electron chi connectivity index (χ0n) is 10.2. The Hall–Kier alpha value is -0.120. The van der Waals surface area contributed by atoms with Gasteiger partial charge in [-0.25, -0.2) is 0 Å². The summed E-state index contributed by atoms with van der Waals surface area (Å²) in [6, 6.07) is 1.58. The molecule has 0 radical (unpaired) electrons. The van der Waals surface area contributed by atoms with Gasteiger partial charge in [-0.05, 0) is 46.3 Å². The third kappa shape index (κ3) is 2.92. The second-order valence-corrected chi connectivity index (χ2v) is 5.18. The average molecular weight is 211 g/mol. The molecule has 0 amide bonds. The summed E-state index contributed by atoms with van der Waals surface area (Å²) in [4.78, 5) is 5.20. The number of hydrogen-bond acceptors (Lipinski definition) is 3. The Bertz CT molecular complexity index is 187. The van der Waals surface area contributed by atoms with Crippen molar-refractivity contribution in [3.8, 4) is 0 Å². The van der Waals surface area contributed by atoms with E-state index in [4.69, 9.17) is 0 Å². The first-order valence-corrected chi connectivity index (χ1v) is 6.42. The highest BCUT2D eigenvalue weighted by molar-refractivity contribution is 4.84. The minimum atomic E-state index is 0.742. The molecule has 2 rings (SSSR count). The normalized spacial score (nSPS) is 36.4. The summed E-state index contributed by atoms with van der Waals surface area (Å²) in [6.07, 6.45) is 4.08. The Kier molecular flexibility index (Phi) is 4.00. The lowest BCUT2D eigenvalue weighted by atomic mass is 10.0. The van der Waals surface area contributed by atoms with Gasteiger partial charge in [0.25, 0.3) is 0 Å². The minimum absolute atomic E-state index is 0.742. The maximum atomic E-state index is 3.50. The van der Waals surface area contributed by atoms with Crippen molar-refractivity contribution in [2.45, 2.75) is 38.3 Å². The van der Waals surface area contributed by atoms with E-state index in [1.165, 1.54) is 52.0 Å². The fraction of sp³-hybridized carbons (Fsp3) is 1.00. The highest BCUT2D eigenvalue weighted by atomic mass is 15.3. The molecule has 1 N–H and O–H groups in total. The summed E-state index contributed by atoms with van der Waals surface area (Å²) in [5, 5.41) is 3.50. The average Bonchev–Trinajstić information content (AvgIpc) is 2.46. The molecule has 0 bridgehead atoms. The van der Waals surface area contributed by atoms with Crippen molar-refractivity contribution in [1.29, 1.82) is 0 Å². The molecule has 2 atom stereocenters. The lowest BCUT2D eigenvalue weighted by Crippen LogP contribution is -2.54. The van der Waals surface area contributed by atoms with Crippen molar-refractivity contribution in [2.75, 3.05) is 39.8 Å². The summed E-state index contributed by atoms with van der Waals surface area (Å²) >= 11 is 0. The molecule has 2 aliphatic rings. The molecular weight excluding hydrogens is 186 g/mol. The second-order valence-electron chi connectivity index (χ2n) is 5.18. The van der Waals surface area contributed by atoms with Crippen LogP contribution in [0.15, 0.2) is 0 Å². The van der Waals surface area contributed by atoms with E-state index in [0.717, 1.165) is 12.1 Å². The molecule has 2 aliphatic heterocycles. The van der Waals surface area contributed by atoms with Gasteiger partial charge in [-0.1, -0.05) is 0 Å². The largest absolute Gasteiger partial charge is 0.317 e. The lowest BCUT2D eigenvalue weighted by Gasteiger charge is -2.42. The molecule has 0 aromatic heterocycles. The third-order valence-electron chi connectivity index (χ3n) is 3.90. The first-order chi connectivity index (χ1) is 7.27. The number of rotatable bonds is 1. The van der Waals surface area contributed by atoms with E-state index in [-0.39, 0.29) is 0 Å². The maximum Gasteiger partial charge on any atom is 0.0198 e. The van der Waals surface area contributed by atoms with Gasteiger partial charge < -0.3 is 10.2 Å². The smallest absolute Gasteiger partial charge is 0.0198 e. The molecule has 0 saturated carbocycles. The van der Waals surface area contributed by atoms with Gasteiger partial charge in [0.2, 0.25) is 0 Å². The van der Waals surface area contributed by atoms with Crippen molar-refractivity contribution in [3.63, 3.8) is 0 Å². The Morgan fingerprint density at radius 3 is 2.80 bits per heavy atom. The van der Waals surface area contributed by atoms with Gasteiger partial charge in [-0.15, -0.1) is 0 Å². The van der Waals surface area contributed by atoms with Crippen molar-refractivity contribution in [3.05, 3.63) is 0 Å². The van der Waals surface area contributed by atoms with Gasteiger partial charge >= 0.3 is 0 Å². The fourth-order valence-electron chi connectivity index (χ4n) is 3.03. The molecule has 0 spiro atoms. The summed E-state index contributed by atoms with van der Waals surface area (Å²) in [5.41, 5.74) is 0. The van der Waals surface area contributed by atoms with Crippen LogP contribution >= 0.6 is 0 Å². The van der Waals surface area contributed by atoms with E-state index in [9.17, 15) is 0 Å². The van der Waals surface area contributed by atoms with Crippen molar-refractivity contribution >= 4 is 0 Å². The molecule has 2 fully saturated rings. The summed E-state index contributed by atoms with van der Waals surface area (Å²) < 4.78 is 0. The zero-order chi connectivity index (χ0) is 10.7. The number of nitrogens with one attached hydrogen (secondary N) is 1. The Morgan fingerprint density at radius 2 is 2.00 bits per heavy atom. The SMILES string of the molecule is CC1CN(C)CCN1C1CCCNCC1. The van der Waals surface area contributed by atoms with E-state index < -0.39 is 0 Å². The molecule has 0 aromatic carbocycles. The highest BCUT2D eigenvalue weighted by Gasteiger charge is 2.27. The van der Waals surface area contributed by atoms with Crippen LogP contribution < -0.4 is 5.32 Å². The Labute approximate surface area is 93.8 Å². The van der Waals surface area contributed by atoms with Crippen molar-refractivity contribution < 1.29 is 0 Å². The molecular formula is C12H25N3. The minimum Gasteiger partial charge on any atom is -0.317 e.